The summed E-state index contributed by atoms with van der Waals surface area (Å²) in [7, 11) is 0. The van der Waals surface area contributed by atoms with E-state index in [0.29, 0.717) is 12.0 Å². The fourth-order valence-electron chi connectivity index (χ4n) is 2.28. The van der Waals surface area contributed by atoms with E-state index in [1.54, 1.807) is 0 Å². The Morgan fingerprint density at radius 2 is 1.86 bits per heavy atom. The summed E-state index contributed by atoms with van der Waals surface area (Å²) < 4.78 is 13.3. The molecule has 1 atom stereocenters. The molecular formula is C16H17FN2O2. The van der Waals surface area contributed by atoms with E-state index in [2.05, 4.69) is 0 Å². The Morgan fingerprint density at radius 3 is 2.48 bits per heavy atom. The number of hydrogen-bond donors (Lipinski definition) is 1. The van der Waals surface area contributed by atoms with Crippen LogP contribution in [0.15, 0.2) is 42.5 Å². The number of nitro groups is 1. The van der Waals surface area contributed by atoms with E-state index < -0.39 is 10.7 Å². The highest BCUT2D eigenvalue weighted by molar-refractivity contribution is 5.41. The number of benzene rings is 2. The summed E-state index contributed by atoms with van der Waals surface area (Å²) >= 11 is 0. The Morgan fingerprint density at radius 1 is 1.19 bits per heavy atom. The first kappa shape index (κ1) is 15.1. The minimum atomic E-state index is -0.507. The molecule has 0 aliphatic carbocycles. The molecule has 0 saturated carbocycles. The van der Waals surface area contributed by atoms with E-state index in [-0.39, 0.29) is 18.2 Å². The average molecular weight is 288 g/mol. The molecule has 1 unspecified atom stereocenters. The second-order valence-electron chi connectivity index (χ2n) is 5.18. The quantitative estimate of drug-likeness (QED) is 0.678. The lowest BCUT2D eigenvalue weighted by molar-refractivity contribution is -0.385. The Hall–Kier alpha value is -2.27. The van der Waals surface area contributed by atoms with E-state index in [9.17, 15) is 14.5 Å². The first-order chi connectivity index (χ1) is 9.95. The van der Waals surface area contributed by atoms with Crippen LogP contribution in [-0.4, -0.2) is 11.0 Å². The van der Waals surface area contributed by atoms with Crippen molar-refractivity contribution in [1.29, 1.82) is 0 Å². The second-order valence-corrected chi connectivity index (χ2v) is 5.18. The Balaban J connectivity index is 2.12. The Labute approximate surface area is 122 Å². The van der Waals surface area contributed by atoms with Gasteiger partial charge in [0, 0.05) is 17.7 Å². The van der Waals surface area contributed by atoms with Crippen molar-refractivity contribution in [2.24, 2.45) is 5.73 Å². The van der Waals surface area contributed by atoms with E-state index in [4.69, 9.17) is 5.73 Å². The molecule has 5 heteroatoms. The van der Waals surface area contributed by atoms with Gasteiger partial charge in [0.15, 0.2) is 0 Å². The van der Waals surface area contributed by atoms with Gasteiger partial charge in [-0.1, -0.05) is 29.8 Å². The predicted molar refractivity (Wildman–Crippen MR) is 79.6 cm³/mol. The van der Waals surface area contributed by atoms with Crippen LogP contribution in [0.5, 0.6) is 0 Å². The van der Waals surface area contributed by atoms with Gasteiger partial charge in [-0.25, -0.2) is 4.39 Å². The number of nitrogens with zero attached hydrogens (tertiary/aromatic N) is 1. The number of aryl methyl sites for hydroxylation is 1. The van der Waals surface area contributed by atoms with Crippen LogP contribution in [0, 0.1) is 22.9 Å². The third-order valence-electron chi connectivity index (χ3n) is 3.34. The van der Waals surface area contributed by atoms with Crippen molar-refractivity contribution in [2.75, 3.05) is 0 Å². The standard InChI is InChI=1S/C16H17FN2O2/c1-11-2-4-12(5-3-11)8-15(18)10-13-9-14(17)6-7-16(13)19(20)21/h2-7,9,15H,8,10,18H2,1H3. The van der Waals surface area contributed by atoms with Gasteiger partial charge in [-0.15, -0.1) is 0 Å². The highest BCUT2D eigenvalue weighted by atomic mass is 19.1. The summed E-state index contributed by atoms with van der Waals surface area (Å²) in [5.41, 5.74) is 8.52. The molecule has 0 aromatic heterocycles. The van der Waals surface area contributed by atoms with E-state index >= 15 is 0 Å². The lowest BCUT2D eigenvalue weighted by Gasteiger charge is -2.12. The Kier molecular flexibility index (Phi) is 4.65. The zero-order valence-electron chi connectivity index (χ0n) is 11.8. The summed E-state index contributed by atoms with van der Waals surface area (Å²) in [4.78, 5) is 10.4. The van der Waals surface area contributed by atoms with Crippen molar-refractivity contribution in [3.63, 3.8) is 0 Å². The fraction of sp³-hybridized carbons (Fsp3) is 0.250. The van der Waals surface area contributed by atoms with Crippen LogP contribution in [0.1, 0.15) is 16.7 Å². The third kappa shape index (κ3) is 4.10. The number of nitro benzene ring substituents is 1. The number of hydrogen-bond acceptors (Lipinski definition) is 3. The molecule has 0 radical (unpaired) electrons. The monoisotopic (exact) mass is 288 g/mol. The van der Waals surface area contributed by atoms with Gasteiger partial charge < -0.3 is 5.73 Å². The van der Waals surface area contributed by atoms with Gasteiger partial charge in [0.25, 0.3) is 5.69 Å². The van der Waals surface area contributed by atoms with E-state index in [1.165, 1.54) is 12.1 Å². The smallest absolute Gasteiger partial charge is 0.272 e. The molecule has 0 spiro atoms. The molecule has 21 heavy (non-hydrogen) atoms. The van der Waals surface area contributed by atoms with Crippen LogP contribution in [0.3, 0.4) is 0 Å². The van der Waals surface area contributed by atoms with Gasteiger partial charge in [-0.3, -0.25) is 10.1 Å². The summed E-state index contributed by atoms with van der Waals surface area (Å²) in [6.45, 7) is 2.00. The number of halogens is 1. The molecule has 0 saturated heterocycles. The Bertz CT molecular complexity index is 641. The topological polar surface area (TPSA) is 69.2 Å². The first-order valence-corrected chi connectivity index (χ1v) is 6.69. The van der Waals surface area contributed by atoms with Gasteiger partial charge in [0.2, 0.25) is 0 Å². The van der Waals surface area contributed by atoms with Gasteiger partial charge in [-0.05, 0) is 37.5 Å². The number of rotatable bonds is 5. The molecule has 0 fully saturated rings. The van der Waals surface area contributed by atoms with Crippen LogP contribution >= 0.6 is 0 Å². The highest BCUT2D eigenvalue weighted by Crippen LogP contribution is 2.21. The zero-order chi connectivity index (χ0) is 15.4. The summed E-state index contributed by atoms with van der Waals surface area (Å²) in [5.74, 6) is -0.488. The van der Waals surface area contributed by atoms with Crippen LogP contribution in [0.2, 0.25) is 0 Å². The minimum absolute atomic E-state index is 0.0873. The summed E-state index contributed by atoms with van der Waals surface area (Å²) in [5, 5.41) is 11.0. The van der Waals surface area contributed by atoms with Crippen molar-refractivity contribution < 1.29 is 9.31 Å². The second kappa shape index (κ2) is 6.45. The van der Waals surface area contributed by atoms with Crippen LogP contribution in [0.4, 0.5) is 10.1 Å². The summed E-state index contributed by atoms with van der Waals surface area (Å²) in [6, 6.07) is 11.1. The molecule has 2 aromatic rings. The molecule has 0 bridgehead atoms. The number of nitrogens with two attached hydrogens (primary N) is 1. The maximum absolute atomic E-state index is 13.3. The van der Waals surface area contributed by atoms with Gasteiger partial charge in [0.05, 0.1) is 4.92 Å². The van der Waals surface area contributed by atoms with Gasteiger partial charge in [0.1, 0.15) is 5.82 Å². The van der Waals surface area contributed by atoms with Crippen LogP contribution in [0.25, 0.3) is 0 Å². The highest BCUT2D eigenvalue weighted by Gasteiger charge is 2.17. The van der Waals surface area contributed by atoms with Crippen LogP contribution < -0.4 is 5.73 Å². The lowest BCUT2D eigenvalue weighted by atomic mass is 9.98. The van der Waals surface area contributed by atoms with Crippen LogP contribution in [-0.2, 0) is 12.8 Å². The van der Waals surface area contributed by atoms with Crippen molar-refractivity contribution in [3.05, 3.63) is 75.1 Å². The van der Waals surface area contributed by atoms with E-state index in [0.717, 1.165) is 17.2 Å². The minimum Gasteiger partial charge on any atom is -0.327 e. The first-order valence-electron chi connectivity index (χ1n) is 6.69. The molecule has 0 aliphatic rings. The normalized spacial score (nSPS) is 12.1. The van der Waals surface area contributed by atoms with Crippen molar-refractivity contribution in [2.45, 2.75) is 25.8 Å². The summed E-state index contributed by atoms with van der Waals surface area (Å²) in [6.07, 6.45) is 0.857. The van der Waals surface area contributed by atoms with Gasteiger partial charge in [-0.2, -0.15) is 0 Å². The molecular weight excluding hydrogens is 271 g/mol. The lowest BCUT2D eigenvalue weighted by Crippen LogP contribution is -2.26. The average Bonchev–Trinajstić information content (AvgIpc) is 2.41. The molecule has 2 rings (SSSR count). The predicted octanol–water partition coefficient (Wildman–Crippen LogP) is 3.15. The molecule has 2 N–H and O–H groups in total. The van der Waals surface area contributed by atoms with Gasteiger partial charge >= 0.3 is 0 Å². The zero-order valence-corrected chi connectivity index (χ0v) is 11.8. The van der Waals surface area contributed by atoms with Crippen molar-refractivity contribution in [1.82, 2.24) is 0 Å². The SMILES string of the molecule is Cc1ccc(CC(N)Cc2cc(F)ccc2[N+](=O)[O-])cc1. The van der Waals surface area contributed by atoms with E-state index in [1.807, 2.05) is 31.2 Å². The third-order valence-corrected chi connectivity index (χ3v) is 3.34. The molecule has 0 heterocycles. The maximum atomic E-state index is 13.3. The molecule has 0 amide bonds. The van der Waals surface area contributed by atoms with Crippen molar-refractivity contribution >= 4 is 5.69 Å². The fourth-order valence-corrected chi connectivity index (χ4v) is 2.28. The van der Waals surface area contributed by atoms with Crippen molar-refractivity contribution in [3.8, 4) is 0 Å². The molecule has 4 nitrogen and oxygen atoms in total. The largest absolute Gasteiger partial charge is 0.327 e. The molecule has 0 aliphatic heterocycles. The molecule has 2 aromatic carbocycles. The maximum Gasteiger partial charge on any atom is 0.272 e. The molecule has 110 valence electrons.